The summed E-state index contributed by atoms with van der Waals surface area (Å²) < 4.78 is 0. The third-order valence-corrected chi connectivity index (χ3v) is 4.38. The van der Waals surface area contributed by atoms with Crippen LogP contribution in [-0.4, -0.2) is 0 Å². The van der Waals surface area contributed by atoms with Gasteiger partial charge in [0.05, 0.1) is 0 Å². The summed E-state index contributed by atoms with van der Waals surface area (Å²) in [7, 11) is 0. The smallest absolute Gasteiger partial charge is 0.0104 e. The van der Waals surface area contributed by atoms with Gasteiger partial charge in [0.1, 0.15) is 0 Å². The molecule has 1 rings (SSSR count). The van der Waals surface area contributed by atoms with Crippen LogP contribution in [0.4, 0.5) is 0 Å². The van der Waals surface area contributed by atoms with Crippen molar-refractivity contribution in [1.29, 1.82) is 0 Å². The Morgan fingerprint density at radius 3 is 2.30 bits per heavy atom. The molecule has 0 unspecified atom stereocenters. The van der Waals surface area contributed by atoms with Gasteiger partial charge in [0.15, 0.2) is 0 Å². The summed E-state index contributed by atoms with van der Waals surface area (Å²) in [5.41, 5.74) is 5.88. The molecule has 0 heterocycles. The summed E-state index contributed by atoms with van der Waals surface area (Å²) in [5.74, 6) is 0. The van der Waals surface area contributed by atoms with E-state index in [9.17, 15) is 0 Å². The van der Waals surface area contributed by atoms with E-state index < -0.39 is 0 Å². The second-order valence-electron chi connectivity index (χ2n) is 7.07. The first-order valence-corrected chi connectivity index (χ1v) is 8.56. The van der Waals surface area contributed by atoms with E-state index in [1.165, 1.54) is 36.0 Å². The lowest BCUT2D eigenvalue weighted by atomic mass is 9.72. The monoisotopic (exact) mass is 308 g/mol. The zero-order valence-electron chi connectivity index (χ0n) is 15.5. The Hall–Kier alpha value is -1.82. The van der Waals surface area contributed by atoms with Gasteiger partial charge < -0.3 is 0 Å². The Bertz CT molecular complexity index is 584. The molecule has 124 valence electrons. The maximum absolute atomic E-state index is 3.66. The fourth-order valence-corrected chi connectivity index (χ4v) is 2.97. The van der Waals surface area contributed by atoms with Crippen LogP contribution in [0.15, 0.2) is 83.6 Å². The molecule has 0 atom stereocenters. The predicted octanol–water partition coefficient (Wildman–Crippen LogP) is 7.26. The van der Waals surface area contributed by atoms with Crippen LogP contribution in [0, 0.1) is 5.41 Å². The molecule has 0 amide bonds. The summed E-state index contributed by atoms with van der Waals surface area (Å²) in [4.78, 5) is 0. The quantitative estimate of drug-likeness (QED) is 0.453. The number of rotatable bonds is 6. The van der Waals surface area contributed by atoms with Crippen LogP contribution in [0.3, 0.4) is 0 Å². The van der Waals surface area contributed by atoms with Gasteiger partial charge in [-0.15, -0.1) is 0 Å². The van der Waals surface area contributed by atoms with Crippen molar-refractivity contribution in [1.82, 2.24) is 0 Å². The van der Waals surface area contributed by atoms with Crippen molar-refractivity contribution in [2.45, 2.75) is 53.9 Å². The average Bonchev–Trinajstić information content (AvgIpc) is 2.46. The summed E-state index contributed by atoms with van der Waals surface area (Å²) in [6, 6.07) is 0. The van der Waals surface area contributed by atoms with Gasteiger partial charge >= 0.3 is 0 Å². The van der Waals surface area contributed by atoms with E-state index in [0.717, 1.165) is 0 Å². The minimum Gasteiger partial charge on any atom is -0.0991 e. The van der Waals surface area contributed by atoms with Crippen molar-refractivity contribution >= 4 is 0 Å². The average molecular weight is 309 g/mol. The molecule has 0 fully saturated rings. The minimum absolute atomic E-state index is 0.311. The van der Waals surface area contributed by atoms with Crippen molar-refractivity contribution in [3.8, 4) is 0 Å². The maximum Gasteiger partial charge on any atom is -0.0104 e. The molecular formula is C23H32. The summed E-state index contributed by atoms with van der Waals surface area (Å²) >= 11 is 0. The van der Waals surface area contributed by atoms with Crippen molar-refractivity contribution < 1.29 is 0 Å². The van der Waals surface area contributed by atoms with Crippen LogP contribution in [0.2, 0.25) is 0 Å². The highest BCUT2D eigenvalue weighted by Crippen LogP contribution is 2.40. The molecule has 0 N–H and O–H groups in total. The van der Waals surface area contributed by atoms with Gasteiger partial charge in [0, 0.05) is 0 Å². The second kappa shape index (κ2) is 9.35. The first-order valence-electron chi connectivity index (χ1n) is 8.56. The predicted molar refractivity (Wildman–Crippen MR) is 105 cm³/mol. The van der Waals surface area contributed by atoms with E-state index >= 15 is 0 Å². The largest absolute Gasteiger partial charge is 0.0991 e. The van der Waals surface area contributed by atoms with E-state index in [0.29, 0.717) is 5.41 Å². The highest BCUT2D eigenvalue weighted by molar-refractivity contribution is 5.37. The first-order chi connectivity index (χ1) is 10.9. The molecule has 1 aliphatic carbocycles. The maximum atomic E-state index is 3.66. The Balaban J connectivity index is 2.75. The minimum atomic E-state index is 0.311. The zero-order chi connectivity index (χ0) is 17.3. The van der Waals surface area contributed by atoms with Crippen LogP contribution in [0.25, 0.3) is 0 Å². The van der Waals surface area contributed by atoms with Crippen molar-refractivity contribution in [2.24, 2.45) is 5.41 Å². The van der Waals surface area contributed by atoms with Gasteiger partial charge in [0.25, 0.3) is 0 Å². The lowest BCUT2D eigenvalue weighted by Crippen LogP contribution is -2.19. The van der Waals surface area contributed by atoms with Gasteiger partial charge in [-0.05, 0) is 51.0 Å². The van der Waals surface area contributed by atoms with Gasteiger partial charge in [-0.25, -0.2) is 0 Å². The fraction of sp³-hybridized carbons (Fsp3) is 0.391. The molecule has 0 radical (unpaired) electrons. The Kier molecular flexibility index (Phi) is 7.81. The Morgan fingerprint density at radius 2 is 1.65 bits per heavy atom. The van der Waals surface area contributed by atoms with Gasteiger partial charge in [-0.1, -0.05) is 91.8 Å². The lowest BCUT2D eigenvalue weighted by molar-refractivity contribution is 0.377. The fourth-order valence-electron chi connectivity index (χ4n) is 2.97. The molecule has 0 aromatic heterocycles. The Morgan fingerprint density at radius 1 is 1.00 bits per heavy atom. The molecule has 0 saturated carbocycles. The molecule has 0 aliphatic heterocycles. The third kappa shape index (κ3) is 6.86. The van der Waals surface area contributed by atoms with Gasteiger partial charge in [0.2, 0.25) is 0 Å². The molecule has 0 spiro atoms. The van der Waals surface area contributed by atoms with E-state index in [2.05, 4.69) is 77.7 Å². The normalized spacial score (nSPS) is 20.2. The van der Waals surface area contributed by atoms with Crippen LogP contribution >= 0.6 is 0 Å². The molecule has 0 bridgehead atoms. The van der Waals surface area contributed by atoms with Gasteiger partial charge in [-0.3, -0.25) is 0 Å². The van der Waals surface area contributed by atoms with Crippen molar-refractivity contribution in [2.75, 3.05) is 0 Å². The van der Waals surface area contributed by atoms with Crippen molar-refractivity contribution in [3.05, 3.63) is 83.6 Å². The van der Waals surface area contributed by atoms with E-state index in [1.807, 2.05) is 12.2 Å². The highest BCUT2D eigenvalue weighted by atomic mass is 14.3. The molecule has 23 heavy (non-hydrogen) atoms. The molecule has 1 aliphatic rings. The molecule has 0 nitrogen and oxygen atoms in total. The number of allylic oxidation sites excluding steroid dienone is 13. The first kappa shape index (κ1) is 19.2. The molecule has 0 heteroatoms. The molecule has 0 aromatic carbocycles. The van der Waals surface area contributed by atoms with E-state index in [-0.39, 0.29) is 0 Å². The van der Waals surface area contributed by atoms with Gasteiger partial charge in [-0.2, -0.15) is 0 Å². The third-order valence-electron chi connectivity index (χ3n) is 4.38. The zero-order valence-corrected chi connectivity index (χ0v) is 15.5. The number of hydrogen-bond acceptors (Lipinski definition) is 0. The van der Waals surface area contributed by atoms with Crippen LogP contribution < -0.4 is 0 Å². The second-order valence-corrected chi connectivity index (χ2v) is 7.07. The van der Waals surface area contributed by atoms with Crippen LogP contribution in [0.5, 0.6) is 0 Å². The standard InChI is InChI=1S/C23H32/c1-7-8-9-12-19(2)13-10-14-20(3)16-17-22-21(4)15-11-18-23(22,5)6/h7-10,12-14,16-17H,1,11,15,18H2,2-6H3/b9-8+,13-10+,17-16+,19-12+,20-14+. The number of hydrogen-bond donors (Lipinski definition) is 0. The highest BCUT2D eigenvalue weighted by Gasteiger charge is 2.26. The van der Waals surface area contributed by atoms with E-state index in [4.69, 9.17) is 0 Å². The van der Waals surface area contributed by atoms with E-state index in [1.54, 1.807) is 11.6 Å². The summed E-state index contributed by atoms with van der Waals surface area (Å²) in [6.45, 7) is 14.9. The molecular weight excluding hydrogens is 276 g/mol. The summed E-state index contributed by atoms with van der Waals surface area (Å²) in [6.07, 6.45) is 22.6. The Labute approximate surface area is 143 Å². The molecule has 0 aromatic rings. The van der Waals surface area contributed by atoms with Crippen molar-refractivity contribution in [3.63, 3.8) is 0 Å². The van der Waals surface area contributed by atoms with Crippen LogP contribution in [-0.2, 0) is 0 Å². The molecule has 0 saturated heterocycles. The lowest BCUT2D eigenvalue weighted by Gasteiger charge is -2.32. The van der Waals surface area contributed by atoms with Crippen LogP contribution in [0.1, 0.15) is 53.9 Å². The summed E-state index contributed by atoms with van der Waals surface area (Å²) in [5, 5.41) is 0. The SMILES string of the molecule is C=C/C=C/C=C(C)/C=C/C=C(C)/C=C/C1=C(C)CCCC1(C)C. The topological polar surface area (TPSA) is 0 Å².